The van der Waals surface area contributed by atoms with Crippen LogP contribution in [-0.2, 0) is 17.9 Å². The van der Waals surface area contributed by atoms with Gasteiger partial charge in [0, 0.05) is 24.8 Å². The first-order chi connectivity index (χ1) is 11.2. The molecule has 1 aliphatic rings. The molecular weight excluding hydrogens is 294 g/mol. The third kappa shape index (κ3) is 3.08. The SMILES string of the molecule is CCC(C(=O)NCCn1ccnn1)N1Cc2ccccc2C1=O. The van der Waals surface area contributed by atoms with E-state index in [2.05, 4.69) is 15.6 Å². The van der Waals surface area contributed by atoms with E-state index in [9.17, 15) is 9.59 Å². The van der Waals surface area contributed by atoms with Crippen LogP contribution >= 0.6 is 0 Å². The van der Waals surface area contributed by atoms with Crippen molar-refractivity contribution in [2.24, 2.45) is 0 Å². The van der Waals surface area contributed by atoms with Gasteiger partial charge in [-0.25, -0.2) is 0 Å². The highest BCUT2D eigenvalue weighted by atomic mass is 16.2. The van der Waals surface area contributed by atoms with Gasteiger partial charge in [-0.1, -0.05) is 30.3 Å². The molecule has 0 bridgehead atoms. The molecule has 0 radical (unpaired) electrons. The molecule has 2 amide bonds. The highest BCUT2D eigenvalue weighted by molar-refractivity contribution is 6.01. The molecule has 1 aromatic carbocycles. The molecule has 2 aromatic rings. The summed E-state index contributed by atoms with van der Waals surface area (Å²) in [6.45, 7) is 3.41. The van der Waals surface area contributed by atoms with Gasteiger partial charge in [0.25, 0.3) is 5.91 Å². The van der Waals surface area contributed by atoms with Gasteiger partial charge in [-0.05, 0) is 18.1 Å². The van der Waals surface area contributed by atoms with Crippen molar-refractivity contribution in [3.63, 3.8) is 0 Å². The predicted octanol–water partition coefficient (Wildman–Crippen LogP) is 0.829. The number of carbonyl (C=O) groups is 2. The van der Waals surface area contributed by atoms with Gasteiger partial charge in [0.2, 0.25) is 5.91 Å². The zero-order valence-electron chi connectivity index (χ0n) is 13.0. The topological polar surface area (TPSA) is 80.1 Å². The van der Waals surface area contributed by atoms with Crippen molar-refractivity contribution in [2.75, 3.05) is 6.54 Å². The van der Waals surface area contributed by atoms with Gasteiger partial charge in [-0.3, -0.25) is 14.3 Å². The summed E-state index contributed by atoms with van der Waals surface area (Å²) in [6.07, 6.45) is 3.91. The fourth-order valence-corrected chi connectivity index (χ4v) is 2.84. The molecule has 1 unspecified atom stereocenters. The lowest BCUT2D eigenvalue weighted by Crippen LogP contribution is -2.47. The summed E-state index contributed by atoms with van der Waals surface area (Å²) in [4.78, 5) is 26.6. The maximum atomic E-state index is 12.5. The lowest BCUT2D eigenvalue weighted by Gasteiger charge is -2.25. The molecule has 23 heavy (non-hydrogen) atoms. The Kier molecular flexibility index (Phi) is 4.36. The third-order valence-electron chi connectivity index (χ3n) is 4.03. The zero-order valence-corrected chi connectivity index (χ0v) is 13.0. The Labute approximate surface area is 134 Å². The first kappa shape index (κ1) is 15.2. The zero-order chi connectivity index (χ0) is 16.2. The van der Waals surface area contributed by atoms with Crippen molar-refractivity contribution in [1.82, 2.24) is 25.2 Å². The smallest absolute Gasteiger partial charge is 0.255 e. The van der Waals surface area contributed by atoms with E-state index in [1.54, 1.807) is 22.0 Å². The monoisotopic (exact) mass is 313 g/mol. The van der Waals surface area contributed by atoms with E-state index in [1.165, 1.54) is 0 Å². The largest absolute Gasteiger partial charge is 0.352 e. The van der Waals surface area contributed by atoms with Crippen molar-refractivity contribution in [3.05, 3.63) is 47.8 Å². The van der Waals surface area contributed by atoms with Crippen molar-refractivity contribution < 1.29 is 9.59 Å². The molecule has 7 heteroatoms. The maximum absolute atomic E-state index is 12.5. The molecule has 1 N–H and O–H groups in total. The number of nitrogens with zero attached hydrogens (tertiary/aromatic N) is 4. The Morgan fingerprint density at radius 3 is 2.91 bits per heavy atom. The first-order valence-corrected chi connectivity index (χ1v) is 7.71. The third-order valence-corrected chi connectivity index (χ3v) is 4.03. The van der Waals surface area contributed by atoms with Crippen LogP contribution in [0, 0.1) is 0 Å². The number of amides is 2. The number of fused-ring (bicyclic) bond motifs is 1. The van der Waals surface area contributed by atoms with E-state index in [0.29, 0.717) is 31.6 Å². The Morgan fingerprint density at radius 2 is 2.22 bits per heavy atom. The number of carbonyl (C=O) groups excluding carboxylic acids is 2. The predicted molar refractivity (Wildman–Crippen MR) is 83.4 cm³/mol. The van der Waals surface area contributed by atoms with Gasteiger partial charge in [-0.2, -0.15) is 0 Å². The Hall–Kier alpha value is -2.70. The van der Waals surface area contributed by atoms with Gasteiger partial charge in [0.1, 0.15) is 6.04 Å². The minimum atomic E-state index is -0.453. The lowest BCUT2D eigenvalue weighted by atomic mass is 10.1. The average molecular weight is 313 g/mol. The van der Waals surface area contributed by atoms with Crippen molar-refractivity contribution >= 4 is 11.8 Å². The summed E-state index contributed by atoms with van der Waals surface area (Å²) >= 11 is 0. The van der Waals surface area contributed by atoms with E-state index >= 15 is 0 Å². The van der Waals surface area contributed by atoms with Gasteiger partial charge >= 0.3 is 0 Å². The van der Waals surface area contributed by atoms with Crippen LogP contribution in [0.5, 0.6) is 0 Å². The minimum absolute atomic E-state index is 0.0705. The molecule has 0 fully saturated rings. The van der Waals surface area contributed by atoms with Crippen LogP contribution < -0.4 is 5.32 Å². The molecule has 0 saturated heterocycles. The summed E-state index contributed by atoms with van der Waals surface area (Å²) < 4.78 is 1.65. The Morgan fingerprint density at radius 1 is 1.39 bits per heavy atom. The van der Waals surface area contributed by atoms with Crippen LogP contribution in [0.3, 0.4) is 0 Å². The first-order valence-electron chi connectivity index (χ1n) is 7.71. The number of aromatic nitrogens is 3. The van der Waals surface area contributed by atoms with Gasteiger partial charge < -0.3 is 10.2 Å². The van der Waals surface area contributed by atoms with Gasteiger partial charge in [0.15, 0.2) is 0 Å². The second-order valence-electron chi connectivity index (χ2n) is 5.47. The van der Waals surface area contributed by atoms with E-state index in [0.717, 1.165) is 5.56 Å². The normalized spacial score (nSPS) is 14.7. The summed E-state index contributed by atoms with van der Waals surface area (Å²) in [5.74, 6) is -0.201. The second-order valence-corrected chi connectivity index (χ2v) is 5.47. The summed E-state index contributed by atoms with van der Waals surface area (Å²) in [7, 11) is 0. The van der Waals surface area contributed by atoms with Gasteiger partial charge in [-0.15, -0.1) is 5.10 Å². The van der Waals surface area contributed by atoms with Crippen LogP contribution in [0.2, 0.25) is 0 Å². The summed E-state index contributed by atoms with van der Waals surface area (Å²) in [5.41, 5.74) is 1.67. The van der Waals surface area contributed by atoms with Crippen LogP contribution in [0.4, 0.5) is 0 Å². The van der Waals surface area contributed by atoms with E-state index in [-0.39, 0.29) is 11.8 Å². The highest BCUT2D eigenvalue weighted by Gasteiger charge is 2.34. The Balaban J connectivity index is 1.61. The summed E-state index contributed by atoms with van der Waals surface area (Å²) in [6, 6.07) is 7.05. The fourth-order valence-electron chi connectivity index (χ4n) is 2.84. The molecule has 7 nitrogen and oxygen atoms in total. The minimum Gasteiger partial charge on any atom is -0.352 e. The van der Waals surface area contributed by atoms with E-state index in [4.69, 9.17) is 0 Å². The lowest BCUT2D eigenvalue weighted by molar-refractivity contribution is -0.125. The molecule has 0 spiro atoms. The molecule has 120 valence electrons. The molecule has 0 saturated carbocycles. The molecule has 0 aliphatic carbocycles. The average Bonchev–Trinajstić information content (AvgIpc) is 3.18. The number of nitrogens with one attached hydrogen (secondary N) is 1. The van der Waals surface area contributed by atoms with E-state index < -0.39 is 6.04 Å². The number of hydrogen-bond acceptors (Lipinski definition) is 4. The number of benzene rings is 1. The molecule has 3 rings (SSSR count). The fraction of sp³-hybridized carbons (Fsp3) is 0.375. The molecule has 2 heterocycles. The number of hydrogen-bond donors (Lipinski definition) is 1. The van der Waals surface area contributed by atoms with Crippen LogP contribution in [-0.4, -0.2) is 44.3 Å². The van der Waals surface area contributed by atoms with E-state index in [1.807, 2.05) is 31.2 Å². The van der Waals surface area contributed by atoms with Crippen LogP contribution in [0.1, 0.15) is 29.3 Å². The quantitative estimate of drug-likeness (QED) is 0.856. The molecule has 1 atom stereocenters. The van der Waals surface area contributed by atoms with Gasteiger partial charge in [0.05, 0.1) is 12.7 Å². The van der Waals surface area contributed by atoms with Crippen molar-refractivity contribution in [3.8, 4) is 0 Å². The Bertz CT molecular complexity index is 698. The molecule has 1 aromatic heterocycles. The molecular formula is C16H19N5O2. The van der Waals surface area contributed by atoms with Crippen LogP contribution in [0.15, 0.2) is 36.7 Å². The number of rotatable bonds is 6. The standard InChI is InChI=1S/C16H19N5O2/c1-2-14(15(22)17-7-9-20-10-8-18-19-20)21-11-12-5-3-4-6-13(12)16(21)23/h3-6,8,10,14H,2,7,9,11H2,1H3,(H,17,22). The summed E-state index contributed by atoms with van der Waals surface area (Å²) in [5, 5.41) is 10.4. The second kappa shape index (κ2) is 6.60. The van der Waals surface area contributed by atoms with Crippen molar-refractivity contribution in [1.29, 1.82) is 0 Å². The van der Waals surface area contributed by atoms with Crippen LogP contribution in [0.25, 0.3) is 0 Å². The van der Waals surface area contributed by atoms with Crippen molar-refractivity contribution in [2.45, 2.75) is 32.5 Å². The molecule has 1 aliphatic heterocycles. The highest BCUT2D eigenvalue weighted by Crippen LogP contribution is 2.25. The maximum Gasteiger partial charge on any atom is 0.255 e.